The molecule has 0 spiro atoms. The van der Waals surface area contributed by atoms with Gasteiger partial charge in [-0.05, 0) is 28.5 Å². The fraction of sp³-hybridized carbons (Fsp3) is 0.409. The van der Waals surface area contributed by atoms with E-state index >= 15 is 0 Å². The number of hydrogen-bond acceptors (Lipinski definition) is 5. The van der Waals surface area contributed by atoms with Crippen LogP contribution in [-0.2, 0) is 11.4 Å². The summed E-state index contributed by atoms with van der Waals surface area (Å²) in [6.45, 7) is 11.6. The summed E-state index contributed by atoms with van der Waals surface area (Å²) in [7, 11) is 0. The SMILES string of the molecule is C=NC(=O)ON(NCc1cccc2ccccc12)C(=O)N1CCNCC1C(C)(C)C. The van der Waals surface area contributed by atoms with Gasteiger partial charge in [0.05, 0.1) is 6.04 Å². The summed E-state index contributed by atoms with van der Waals surface area (Å²) in [5.41, 5.74) is 3.78. The standard InChI is InChI=1S/C22H29N5O3/c1-22(2,3)19-15-24-12-13-26(19)21(29)27(30-20(28)23-4)25-14-17-10-7-9-16-8-5-6-11-18(16)17/h5-11,19,24-25H,4,12-15H2,1-3H3. The normalized spacial score (nSPS) is 16.9. The Labute approximate surface area is 176 Å². The van der Waals surface area contributed by atoms with Crippen LogP contribution in [0.5, 0.6) is 0 Å². The Bertz CT molecular complexity index is 919. The highest BCUT2D eigenvalue weighted by molar-refractivity contribution is 5.85. The van der Waals surface area contributed by atoms with Gasteiger partial charge >= 0.3 is 12.1 Å². The van der Waals surface area contributed by atoms with Crippen molar-refractivity contribution in [2.24, 2.45) is 10.4 Å². The summed E-state index contributed by atoms with van der Waals surface area (Å²) in [5, 5.41) is 6.35. The number of carbonyl (C=O) groups excluding carboxylic acids is 2. The van der Waals surface area contributed by atoms with Gasteiger partial charge in [0.25, 0.3) is 0 Å². The molecule has 2 N–H and O–H groups in total. The molecular weight excluding hydrogens is 382 g/mol. The van der Waals surface area contributed by atoms with Crippen LogP contribution < -0.4 is 10.7 Å². The first-order chi connectivity index (χ1) is 14.3. The molecule has 0 aromatic heterocycles. The predicted molar refractivity (Wildman–Crippen MR) is 117 cm³/mol. The number of nitrogens with zero attached hydrogens (tertiary/aromatic N) is 3. The van der Waals surface area contributed by atoms with Crippen LogP contribution in [-0.4, -0.2) is 54.6 Å². The third-order valence-electron chi connectivity index (χ3n) is 5.25. The number of nitrogens with one attached hydrogen (secondary N) is 2. The van der Waals surface area contributed by atoms with Crippen molar-refractivity contribution >= 4 is 29.6 Å². The Morgan fingerprint density at radius 3 is 2.73 bits per heavy atom. The van der Waals surface area contributed by atoms with E-state index in [1.165, 1.54) is 0 Å². The molecule has 1 heterocycles. The zero-order valence-electron chi connectivity index (χ0n) is 17.7. The van der Waals surface area contributed by atoms with Gasteiger partial charge in [-0.1, -0.05) is 68.4 Å². The van der Waals surface area contributed by atoms with Gasteiger partial charge in [-0.15, -0.1) is 0 Å². The van der Waals surface area contributed by atoms with Crippen molar-refractivity contribution in [2.45, 2.75) is 33.4 Å². The van der Waals surface area contributed by atoms with Crippen LogP contribution in [0, 0.1) is 5.41 Å². The predicted octanol–water partition coefficient (Wildman–Crippen LogP) is 3.34. The topological polar surface area (TPSA) is 86.3 Å². The van der Waals surface area contributed by atoms with Crippen LogP contribution in [0.4, 0.5) is 9.59 Å². The van der Waals surface area contributed by atoms with Gasteiger partial charge in [-0.2, -0.15) is 10.4 Å². The molecule has 8 nitrogen and oxygen atoms in total. The maximum Gasteiger partial charge on any atom is 0.458 e. The molecule has 160 valence electrons. The molecule has 0 saturated carbocycles. The average Bonchev–Trinajstić information content (AvgIpc) is 2.75. The van der Waals surface area contributed by atoms with Gasteiger partial charge in [0.15, 0.2) is 0 Å². The fourth-order valence-electron chi connectivity index (χ4n) is 3.67. The lowest BCUT2D eigenvalue weighted by Crippen LogP contribution is -2.62. The fourth-order valence-corrected chi connectivity index (χ4v) is 3.67. The number of hydrogen-bond donors (Lipinski definition) is 2. The molecule has 30 heavy (non-hydrogen) atoms. The molecule has 1 aliphatic heterocycles. The second-order valence-corrected chi connectivity index (χ2v) is 8.34. The lowest BCUT2D eigenvalue weighted by molar-refractivity contribution is -0.111. The van der Waals surface area contributed by atoms with E-state index in [2.05, 4.69) is 43.2 Å². The van der Waals surface area contributed by atoms with Crippen molar-refractivity contribution < 1.29 is 14.4 Å². The minimum Gasteiger partial charge on any atom is -0.315 e. The number of rotatable bonds is 3. The zero-order chi connectivity index (χ0) is 21.7. The van der Waals surface area contributed by atoms with Crippen LogP contribution in [0.1, 0.15) is 26.3 Å². The smallest absolute Gasteiger partial charge is 0.315 e. The quantitative estimate of drug-likeness (QED) is 0.598. The van der Waals surface area contributed by atoms with E-state index in [0.717, 1.165) is 21.5 Å². The molecule has 0 bridgehead atoms. The van der Waals surface area contributed by atoms with Gasteiger partial charge in [-0.3, -0.25) is 4.84 Å². The first kappa shape index (κ1) is 21.7. The first-order valence-electron chi connectivity index (χ1n) is 10.0. The minimum atomic E-state index is -0.948. The molecule has 2 aromatic carbocycles. The third kappa shape index (κ3) is 4.95. The summed E-state index contributed by atoms with van der Waals surface area (Å²) >= 11 is 0. The summed E-state index contributed by atoms with van der Waals surface area (Å²) in [5.74, 6) is 0. The second-order valence-electron chi connectivity index (χ2n) is 8.34. The molecule has 3 amide bonds. The van der Waals surface area contributed by atoms with Crippen molar-refractivity contribution in [1.29, 1.82) is 0 Å². The molecule has 2 aromatic rings. The molecule has 0 aliphatic carbocycles. The summed E-state index contributed by atoms with van der Waals surface area (Å²) in [6.07, 6.45) is -0.948. The molecule has 3 rings (SSSR count). The number of benzene rings is 2. The molecule has 8 heteroatoms. The summed E-state index contributed by atoms with van der Waals surface area (Å²) < 4.78 is 0. The zero-order valence-corrected chi connectivity index (χ0v) is 17.7. The highest BCUT2D eigenvalue weighted by Crippen LogP contribution is 2.26. The number of piperazine rings is 1. The van der Waals surface area contributed by atoms with E-state index in [1.807, 2.05) is 42.5 Å². The lowest BCUT2D eigenvalue weighted by atomic mass is 9.85. The van der Waals surface area contributed by atoms with E-state index in [0.29, 0.717) is 26.2 Å². The average molecular weight is 412 g/mol. The number of amides is 3. The van der Waals surface area contributed by atoms with E-state index in [-0.39, 0.29) is 11.5 Å². The first-order valence-corrected chi connectivity index (χ1v) is 10.0. The van der Waals surface area contributed by atoms with Crippen LogP contribution in [0.3, 0.4) is 0 Å². The van der Waals surface area contributed by atoms with E-state index in [1.54, 1.807) is 4.90 Å². The van der Waals surface area contributed by atoms with Gasteiger partial charge in [0, 0.05) is 26.2 Å². The van der Waals surface area contributed by atoms with Crippen LogP contribution >= 0.6 is 0 Å². The van der Waals surface area contributed by atoms with E-state index in [9.17, 15) is 9.59 Å². The number of fused-ring (bicyclic) bond motifs is 1. The largest absolute Gasteiger partial charge is 0.458 e. The summed E-state index contributed by atoms with van der Waals surface area (Å²) in [6, 6.07) is 13.4. The molecule has 1 atom stereocenters. The van der Waals surface area contributed by atoms with Crippen molar-refractivity contribution in [3.63, 3.8) is 0 Å². The molecule has 1 fully saturated rings. The number of hydroxylamine groups is 1. The second kappa shape index (κ2) is 9.23. The van der Waals surface area contributed by atoms with Crippen molar-refractivity contribution in [2.75, 3.05) is 19.6 Å². The number of hydrazine groups is 1. The van der Waals surface area contributed by atoms with Crippen LogP contribution in [0.15, 0.2) is 47.5 Å². The lowest BCUT2D eigenvalue weighted by Gasteiger charge is -2.44. The third-order valence-corrected chi connectivity index (χ3v) is 5.25. The van der Waals surface area contributed by atoms with Gasteiger partial charge in [0.1, 0.15) is 0 Å². The Morgan fingerprint density at radius 1 is 1.27 bits per heavy atom. The highest BCUT2D eigenvalue weighted by atomic mass is 16.8. The van der Waals surface area contributed by atoms with Crippen LogP contribution in [0.25, 0.3) is 10.8 Å². The molecule has 1 aliphatic rings. The molecular formula is C22H29N5O3. The van der Waals surface area contributed by atoms with Crippen LogP contribution in [0.2, 0.25) is 0 Å². The van der Waals surface area contributed by atoms with Gasteiger partial charge in [0.2, 0.25) is 0 Å². The Hall–Kier alpha value is -2.97. The number of aliphatic imine (C=N–C) groups is 1. The minimum absolute atomic E-state index is 0.0593. The Kier molecular flexibility index (Phi) is 6.69. The monoisotopic (exact) mass is 411 g/mol. The Morgan fingerprint density at radius 2 is 2.00 bits per heavy atom. The number of urea groups is 1. The maximum absolute atomic E-state index is 13.3. The molecule has 1 unspecified atom stereocenters. The van der Waals surface area contributed by atoms with Gasteiger partial charge < -0.3 is 10.2 Å². The van der Waals surface area contributed by atoms with E-state index in [4.69, 9.17) is 4.84 Å². The summed E-state index contributed by atoms with van der Waals surface area (Å²) in [4.78, 5) is 35.2. The van der Waals surface area contributed by atoms with Gasteiger partial charge in [-0.25, -0.2) is 9.59 Å². The highest BCUT2D eigenvalue weighted by Gasteiger charge is 2.38. The maximum atomic E-state index is 13.3. The van der Waals surface area contributed by atoms with Crippen molar-refractivity contribution in [1.82, 2.24) is 20.8 Å². The molecule has 1 saturated heterocycles. The van der Waals surface area contributed by atoms with Crippen molar-refractivity contribution in [3.05, 3.63) is 48.0 Å². The molecule has 0 radical (unpaired) electrons. The van der Waals surface area contributed by atoms with Crippen molar-refractivity contribution in [3.8, 4) is 0 Å². The Balaban J connectivity index is 1.82. The van der Waals surface area contributed by atoms with E-state index < -0.39 is 12.1 Å². The number of carbonyl (C=O) groups is 2.